The second-order valence-electron chi connectivity index (χ2n) is 3.66. The van der Waals surface area contributed by atoms with Gasteiger partial charge in [0.05, 0.1) is 10.6 Å². The normalized spacial score (nSPS) is 10.0. The van der Waals surface area contributed by atoms with Gasteiger partial charge < -0.3 is 5.73 Å². The number of carbonyl (C=O) groups is 2. The third-order valence-electron chi connectivity index (χ3n) is 2.30. The minimum absolute atomic E-state index is 0.0572. The first-order valence-electron chi connectivity index (χ1n) is 5.28. The number of nitro benzene ring substituents is 1. The lowest BCUT2D eigenvalue weighted by atomic mass is 10.1. The zero-order valence-electron chi connectivity index (χ0n) is 9.90. The number of nitrogens with zero attached hydrogens (tertiary/aromatic N) is 2. The van der Waals surface area contributed by atoms with E-state index in [1.165, 1.54) is 18.2 Å². The summed E-state index contributed by atoms with van der Waals surface area (Å²) < 4.78 is 0. The van der Waals surface area contributed by atoms with Gasteiger partial charge in [0.15, 0.2) is 5.13 Å². The largest absolute Gasteiger partial charge is 0.361 e. The van der Waals surface area contributed by atoms with E-state index in [9.17, 15) is 19.7 Å². The van der Waals surface area contributed by atoms with E-state index in [0.717, 1.165) is 11.3 Å². The highest BCUT2D eigenvalue weighted by Crippen LogP contribution is 2.27. The van der Waals surface area contributed by atoms with E-state index < -0.39 is 16.7 Å². The Morgan fingerprint density at radius 2 is 2.15 bits per heavy atom. The van der Waals surface area contributed by atoms with Crippen molar-refractivity contribution in [2.45, 2.75) is 0 Å². The van der Waals surface area contributed by atoms with Crippen LogP contribution in [0.1, 0.15) is 0 Å². The quantitative estimate of drug-likeness (QED) is 0.498. The van der Waals surface area contributed by atoms with Gasteiger partial charge in [0.1, 0.15) is 0 Å². The number of carbonyl (C=O) groups excluding carboxylic acids is 2. The van der Waals surface area contributed by atoms with Crippen LogP contribution in [0.5, 0.6) is 0 Å². The SMILES string of the molecule is NC(=O)C(=O)Nc1nc(-c2cccc([N+](=O)[O-])c2)cs1. The van der Waals surface area contributed by atoms with Gasteiger partial charge in [0.2, 0.25) is 0 Å². The molecule has 0 saturated heterocycles. The Bertz CT molecular complexity index is 697. The third kappa shape index (κ3) is 2.95. The Kier molecular flexibility index (Phi) is 3.71. The number of thiazole rings is 1. The monoisotopic (exact) mass is 292 g/mol. The van der Waals surface area contributed by atoms with Gasteiger partial charge in [-0.1, -0.05) is 12.1 Å². The van der Waals surface area contributed by atoms with Gasteiger partial charge in [-0.15, -0.1) is 11.3 Å². The highest BCUT2D eigenvalue weighted by atomic mass is 32.1. The van der Waals surface area contributed by atoms with E-state index in [1.54, 1.807) is 11.4 Å². The second-order valence-corrected chi connectivity index (χ2v) is 4.52. The summed E-state index contributed by atoms with van der Waals surface area (Å²) in [6.07, 6.45) is 0. The molecule has 0 aliphatic heterocycles. The smallest absolute Gasteiger partial charge is 0.315 e. The molecule has 0 radical (unpaired) electrons. The van der Waals surface area contributed by atoms with Crippen molar-refractivity contribution in [3.8, 4) is 11.3 Å². The van der Waals surface area contributed by atoms with E-state index >= 15 is 0 Å². The van der Waals surface area contributed by atoms with Crippen LogP contribution in [0.3, 0.4) is 0 Å². The molecule has 102 valence electrons. The number of anilines is 1. The van der Waals surface area contributed by atoms with Crippen molar-refractivity contribution in [3.63, 3.8) is 0 Å². The molecule has 2 aromatic rings. The molecule has 3 N–H and O–H groups in total. The van der Waals surface area contributed by atoms with Crippen molar-refractivity contribution in [2.24, 2.45) is 5.73 Å². The van der Waals surface area contributed by atoms with Gasteiger partial charge in [-0.2, -0.15) is 0 Å². The molecule has 9 heteroatoms. The van der Waals surface area contributed by atoms with Crippen LogP contribution < -0.4 is 11.1 Å². The molecule has 0 spiro atoms. The van der Waals surface area contributed by atoms with Crippen molar-refractivity contribution < 1.29 is 14.5 Å². The molecule has 2 amide bonds. The molecule has 1 heterocycles. The van der Waals surface area contributed by atoms with Gasteiger partial charge in [-0.05, 0) is 0 Å². The molecule has 0 saturated carbocycles. The molecule has 0 unspecified atom stereocenters. The number of nitro groups is 1. The van der Waals surface area contributed by atoms with E-state index in [4.69, 9.17) is 5.73 Å². The molecule has 0 bridgehead atoms. The van der Waals surface area contributed by atoms with Crippen molar-refractivity contribution in [1.29, 1.82) is 0 Å². The van der Waals surface area contributed by atoms with Crippen molar-refractivity contribution in [3.05, 3.63) is 39.8 Å². The fourth-order valence-electron chi connectivity index (χ4n) is 1.40. The number of hydrogen-bond donors (Lipinski definition) is 2. The Morgan fingerprint density at radius 3 is 2.80 bits per heavy atom. The molecule has 8 nitrogen and oxygen atoms in total. The van der Waals surface area contributed by atoms with Crippen molar-refractivity contribution in [1.82, 2.24) is 4.98 Å². The van der Waals surface area contributed by atoms with Gasteiger partial charge >= 0.3 is 11.8 Å². The predicted octanol–water partition coefficient (Wildman–Crippen LogP) is 1.14. The van der Waals surface area contributed by atoms with Gasteiger partial charge in [0, 0.05) is 23.1 Å². The first-order chi connectivity index (χ1) is 9.47. The number of non-ortho nitro benzene ring substituents is 1. The maximum absolute atomic E-state index is 11.1. The summed E-state index contributed by atoms with van der Waals surface area (Å²) in [4.78, 5) is 35.9. The number of nitrogens with two attached hydrogens (primary N) is 1. The van der Waals surface area contributed by atoms with Crippen LogP contribution >= 0.6 is 11.3 Å². The van der Waals surface area contributed by atoms with Crippen molar-refractivity contribution >= 4 is 34.0 Å². The molecule has 0 aliphatic rings. The summed E-state index contributed by atoms with van der Waals surface area (Å²) in [5.41, 5.74) is 5.74. The van der Waals surface area contributed by atoms with Crippen LogP contribution in [-0.4, -0.2) is 21.7 Å². The Hall–Kier alpha value is -2.81. The summed E-state index contributed by atoms with van der Waals surface area (Å²) in [6, 6.07) is 5.93. The van der Waals surface area contributed by atoms with E-state index in [0.29, 0.717) is 11.3 Å². The first-order valence-corrected chi connectivity index (χ1v) is 6.16. The maximum atomic E-state index is 11.1. The maximum Gasteiger partial charge on any atom is 0.315 e. The minimum Gasteiger partial charge on any atom is -0.361 e. The lowest BCUT2D eigenvalue weighted by Crippen LogP contribution is -2.29. The molecular formula is C11H8N4O4S. The van der Waals surface area contributed by atoms with Crippen LogP contribution in [0.15, 0.2) is 29.6 Å². The summed E-state index contributed by atoms with van der Waals surface area (Å²) in [5, 5.41) is 14.7. The zero-order valence-corrected chi connectivity index (χ0v) is 10.7. The Morgan fingerprint density at radius 1 is 1.40 bits per heavy atom. The average molecular weight is 292 g/mol. The molecule has 2 rings (SSSR count). The Balaban J connectivity index is 2.24. The number of amides is 2. The van der Waals surface area contributed by atoms with Crippen molar-refractivity contribution in [2.75, 3.05) is 5.32 Å². The predicted molar refractivity (Wildman–Crippen MR) is 72.0 cm³/mol. The molecule has 1 aromatic carbocycles. The van der Waals surface area contributed by atoms with Crippen LogP contribution in [0.2, 0.25) is 0 Å². The lowest BCUT2D eigenvalue weighted by Gasteiger charge is -1.97. The lowest BCUT2D eigenvalue weighted by molar-refractivity contribution is -0.384. The fourth-order valence-corrected chi connectivity index (χ4v) is 2.12. The first kappa shape index (κ1) is 13.6. The third-order valence-corrected chi connectivity index (χ3v) is 3.06. The molecule has 0 atom stereocenters. The molecule has 0 aliphatic carbocycles. The zero-order chi connectivity index (χ0) is 14.7. The molecular weight excluding hydrogens is 284 g/mol. The van der Waals surface area contributed by atoms with Gasteiger partial charge in [-0.25, -0.2) is 4.98 Å². The summed E-state index contributed by atoms with van der Waals surface area (Å²) in [5.74, 6) is -2.08. The van der Waals surface area contributed by atoms with E-state index in [-0.39, 0.29) is 10.8 Å². The topological polar surface area (TPSA) is 128 Å². The van der Waals surface area contributed by atoms with E-state index in [2.05, 4.69) is 10.3 Å². The second kappa shape index (κ2) is 5.45. The summed E-state index contributed by atoms with van der Waals surface area (Å²) >= 11 is 1.08. The highest BCUT2D eigenvalue weighted by Gasteiger charge is 2.13. The summed E-state index contributed by atoms with van der Waals surface area (Å²) in [6.45, 7) is 0. The number of benzene rings is 1. The number of rotatable bonds is 3. The molecule has 20 heavy (non-hydrogen) atoms. The standard InChI is InChI=1S/C11H8N4O4S/c12-9(16)10(17)14-11-13-8(5-20-11)6-2-1-3-7(4-6)15(18)19/h1-5H,(H2,12,16)(H,13,14,17). The number of nitrogens with one attached hydrogen (secondary N) is 1. The highest BCUT2D eigenvalue weighted by molar-refractivity contribution is 7.14. The number of hydrogen-bond acceptors (Lipinski definition) is 6. The van der Waals surface area contributed by atoms with E-state index in [1.807, 2.05) is 0 Å². The van der Waals surface area contributed by atoms with Gasteiger partial charge in [-0.3, -0.25) is 25.0 Å². The average Bonchev–Trinajstić information content (AvgIpc) is 2.87. The van der Waals surface area contributed by atoms with Crippen LogP contribution in [0, 0.1) is 10.1 Å². The summed E-state index contributed by atoms with van der Waals surface area (Å²) in [7, 11) is 0. The molecule has 0 fully saturated rings. The fraction of sp³-hybridized carbons (Fsp3) is 0. The Labute approximate surface area is 116 Å². The minimum atomic E-state index is -1.11. The van der Waals surface area contributed by atoms with Crippen LogP contribution in [0.25, 0.3) is 11.3 Å². The van der Waals surface area contributed by atoms with Gasteiger partial charge in [0.25, 0.3) is 5.69 Å². The number of aromatic nitrogens is 1. The van der Waals surface area contributed by atoms with Crippen LogP contribution in [0.4, 0.5) is 10.8 Å². The number of primary amides is 1. The molecule has 1 aromatic heterocycles. The van der Waals surface area contributed by atoms with Crippen LogP contribution in [-0.2, 0) is 9.59 Å².